The fourth-order valence-electron chi connectivity index (χ4n) is 3.21. The lowest BCUT2D eigenvalue weighted by atomic mass is 9.98. The summed E-state index contributed by atoms with van der Waals surface area (Å²) in [7, 11) is 0. The molecule has 4 nitrogen and oxygen atoms in total. The van der Waals surface area contributed by atoms with Crippen molar-refractivity contribution < 1.29 is 9.59 Å². The van der Waals surface area contributed by atoms with Gasteiger partial charge in [0.1, 0.15) is 6.29 Å². The molecule has 19 heavy (non-hydrogen) atoms. The Labute approximate surface area is 116 Å². The number of carbonyl (C=O) groups excluding carboxylic acids is 2. The number of hydrogen-bond acceptors (Lipinski definition) is 3. The summed E-state index contributed by atoms with van der Waals surface area (Å²) in [6.07, 6.45) is 7.82. The number of nitrogens with zero attached hydrogens (tertiary/aromatic N) is 2. The van der Waals surface area contributed by atoms with Gasteiger partial charge < -0.3 is 9.69 Å². The first-order valence-electron chi connectivity index (χ1n) is 7.70. The molecule has 2 atom stereocenters. The zero-order chi connectivity index (χ0) is 13.7. The second-order valence-electron chi connectivity index (χ2n) is 5.95. The first-order chi connectivity index (χ1) is 9.22. The van der Waals surface area contributed by atoms with Crippen LogP contribution in [-0.2, 0) is 9.59 Å². The lowest BCUT2D eigenvalue weighted by molar-refractivity contribution is -0.137. The molecule has 0 spiro atoms. The van der Waals surface area contributed by atoms with Crippen LogP contribution in [0.25, 0.3) is 0 Å². The normalized spacial score (nSPS) is 27.6. The predicted octanol–water partition coefficient (Wildman–Crippen LogP) is 1.69. The molecular formula is C15H26N2O2. The van der Waals surface area contributed by atoms with Crippen molar-refractivity contribution in [2.45, 2.75) is 51.5 Å². The lowest BCUT2D eigenvalue weighted by Gasteiger charge is -2.36. The van der Waals surface area contributed by atoms with Gasteiger partial charge in [-0.25, -0.2) is 0 Å². The summed E-state index contributed by atoms with van der Waals surface area (Å²) in [5.41, 5.74) is 0. The molecule has 0 aromatic rings. The smallest absolute Gasteiger partial charge is 0.239 e. The summed E-state index contributed by atoms with van der Waals surface area (Å²) >= 11 is 0. The Hall–Kier alpha value is -0.900. The molecule has 0 aliphatic carbocycles. The predicted molar refractivity (Wildman–Crippen MR) is 74.9 cm³/mol. The van der Waals surface area contributed by atoms with E-state index < -0.39 is 0 Å². The van der Waals surface area contributed by atoms with Crippen molar-refractivity contribution in [1.82, 2.24) is 9.80 Å². The monoisotopic (exact) mass is 266 g/mol. The maximum atomic E-state index is 12.5. The Morgan fingerprint density at radius 2 is 1.79 bits per heavy atom. The Morgan fingerprint density at radius 1 is 1.11 bits per heavy atom. The third-order valence-corrected chi connectivity index (χ3v) is 4.50. The van der Waals surface area contributed by atoms with Crippen molar-refractivity contribution in [3.63, 3.8) is 0 Å². The SMILES string of the molecule is CC(C(=O)N1CCCCCC1)N1CCCC(C=O)C1. The van der Waals surface area contributed by atoms with Gasteiger partial charge in [-0.1, -0.05) is 12.8 Å². The summed E-state index contributed by atoms with van der Waals surface area (Å²) in [5.74, 6) is 0.376. The minimum Gasteiger partial charge on any atom is -0.341 e. The van der Waals surface area contributed by atoms with E-state index in [1.165, 1.54) is 12.8 Å². The van der Waals surface area contributed by atoms with Crippen molar-refractivity contribution in [3.05, 3.63) is 0 Å². The van der Waals surface area contributed by atoms with E-state index in [1.807, 2.05) is 11.8 Å². The Balaban J connectivity index is 1.91. The molecule has 0 radical (unpaired) electrons. The molecule has 2 aliphatic rings. The van der Waals surface area contributed by atoms with E-state index in [0.29, 0.717) is 0 Å². The van der Waals surface area contributed by atoms with Crippen molar-refractivity contribution in [2.24, 2.45) is 5.92 Å². The number of carbonyl (C=O) groups is 2. The van der Waals surface area contributed by atoms with Crippen molar-refractivity contribution in [1.29, 1.82) is 0 Å². The Morgan fingerprint density at radius 3 is 2.42 bits per heavy atom. The van der Waals surface area contributed by atoms with Gasteiger partial charge in [0.25, 0.3) is 0 Å². The fourth-order valence-corrected chi connectivity index (χ4v) is 3.21. The molecule has 0 bridgehead atoms. The van der Waals surface area contributed by atoms with Gasteiger partial charge in [-0.05, 0) is 39.2 Å². The van der Waals surface area contributed by atoms with E-state index in [9.17, 15) is 9.59 Å². The second kappa shape index (κ2) is 7.04. The van der Waals surface area contributed by atoms with Gasteiger partial charge in [0.05, 0.1) is 6.04 Å². The van der Waals surface area contributed by atoms with Gasteiger partial charge >= 0.3 is 0 Å². The molecule has 108 valence electrons. The van der Waals surface area contributed by atoms with Gasteiger partial charge in [0.15, 0.2) is 0 Å². The van der Waals surface area contributed by atoms with E-state index in [1.54, 1.807) is 0 Å². The fraction of sp³-hybridized carbons (Fsp3) is 0.867. The van der Waals surface area contributed by atoms with Gasteiger partial charge in [-0.15, -0.1) is 0 Å². The molecule has 4 heteroatoms. The highest BCUT2D eigenvalue weighted by Gasteiger charge is 2.29. The average Bonchev–Trinajstić information content (AvgIpc) is 2.75. The van der Waals surface area contributed by atoms with Crippen LogP contribution in [0.1, 0.15) is 45.4 Å². The number of piperidine rings is 1. The van der Waals surface area contributed by atoms with Gasteiger partial charge in [0, 0.05) is 25.6 Å². The van der Waals surface area contributed by atoms with E-state index in [0.717, 1.165) is 58.1 Å². The summed E-state index contributed by atoms with van der Waals surface area (Å²) in [6, 6.07) is -0.0687. The summed E-state index contributed by atoms with van der Waals surface area (Å²) < 4.78 is 0. The minimum absolute atomic E-state index is 0.0687. The summed E-state index contributed by atoms with van der Waals surface area (Å²) in [6.45, 7) is 5.53. The van der Waals surface area contributed by atoms with Crippen LogP contribution in [-0.4, -0.2) is 54.2 Å². The molecular weight excluding hydrogens is 240 g/mol. The molecule has 0 aromatic heterocycles. The molecule has 2 aliphatic heterocycles. The summed E-state index contributed by atoms with van der Waals surface area (Å²) in [5, 5.41) is 0. The van der Waals surface area contributed by atoms with Crippen LogP contribution in [0.5, 0.6) is 0 Å². The second-order valence-corrected chi connectivity index (χ2v) is 5.95. The number of likely N-dealkylation sites (tertiary alicyclic amines) is 2. The molecule has 0 saturated carbocycles. The number of hydrogen-bond donors (Lipinski definition) is 0. The highest BCUT2D eigenvalue weighted by Crippen LogP contribution is 2.19. The Bertz CT molecular complexity index is 311. The number of aldehydes is 1. The van der Waals surface area contributed by atoms with Gasteiger partial charge in [-0.3, -0.25) is 9.69 Å². The third kappa shape index (κ3) is 3.78. The van der Waals surface area contributed by atoms with E-state index >= 15 is 0 Å². The molecule has 0 aromatic carbocycles. The molecule has 2 fully saturated rings. The quantitative estimate of drug-likeness (QED) is 0.730. The molecule has 2 unspecified atom stereocenters. The summed E-state index contributed by atoms with van der Waals surface area (Å²) in [4.78, 5) is 27.7. The first kappa shape index (κ1) is 14.5. The van der Waals surface area contributed by atoms with Crippen molar-refractivity contribution in [3.8, 4) is 0 Å². The molecule has 0 N–H and O–H groups in total. The standard InChI is InChI=1S/C15H26N2O2/c1-13(17-10-6-7-14(11-17)12-18)15(19)16-8-4-2-3-5-9-16/h12-14H,2-11H2,1H3. The minimum atomic E-state index is -0.0687. The van der Waals surface area contributed by atoms with Gasteiger partial charge in [-0.2, -0.15) is 0 Å². The molecule has 1 amide bonds. The van der Waals surface area contributed by atoms with Crippen LogP contribution >= 0.6 is 0 Å². The third-order valence-electron chi connectivity index (χ3n) is 4.50. The van der Waals surface area contributed by atoms with Crippen LogP contribution in [0.4, 0.5) is 0 Å². The van der Waals surface area contributed by atoms with Crippen LogP contribution in [0.3, 0.4) is 0 Å². The number of amides is 1. The Kier molecular flexibility index (Phi) is 5.37. The van der Waals surface area contributed by atoms with Crippen molar-refractivity contribution in [2.75, 3.05) is 26.2 Å². The van der Waals surface area contributed by atoms with Crippen molar-refractivity contribution >= 4 is 12.2 Å². The zero-order valence-corrected chi connectivity index (χ0v) is 12.0. The van der Waals surface area contributed by atoms with E-state index in [2.05, 4.69) is 4.90 Å². The lowest BCUT2D eigenvalue weighted by Crippen LogP contribution is -2.50. The van der Waals surface area contributed by atoms with Crippen LogP contribution in [0.15, 0.2) is 0 Å². The van der Waals surface area contributed by atoms with Crippen LogP contribution in [0, 0.1) is 5.92 Å². The molecule has 2 rings (SSSR count). The average molecular weight is 266 g/mol. The molecule has 2 saturated heterocycles. The highest BCUT2D eigenvalue weighted by molar-refractivity contribution is 5.81. The maximum Gasteiger partial charge on any atom is 0.239 e. The molecule has 2 heterocycles. The number of rotatable bonds is 3. The first-order valence-corrected chi connectivity index (χ1v) is 7.70. The topological polar surface area (TPSA) is 40.6 Å². The zero-order valence-electron chi connectivity index (χ0n) is 12.0. The van der Waals surface area contributed by atoms with E-state index in [-0.39, 0.29) is 17.9 Å². The van der Waals surface area contributed by atoms with E-state index in [4.69, 9.17) is 0 Å². The highest BCUT2D eigenvalue weighted by atomic mass is 16.2. The van der Waals surface area contributed by atoms with Crippen LogP contribution < -0.4 is 0 Å². The van der Waals surface area contributed by atoms with Gasteiger partial charge in [0.2, 0.25) is 5.91 Å². The van der Waals surface area contributed by atoms with Crippen LogP contribution in [0.2, 0.25) is 0 Å². The largest absolute Gasteiger partial charge is 0.341 e. The maximum absolute atomic E-state index is 12.5.